The fourth-order valence-electron chi connectivity index (χ4n) is 1.17. The van der Waals surface area contributed by atoms with Crippen LogP contribution in [0.4, 0.5) is 13.2 Å². The molecule has 1 atom stereocenters. The maximum Gasteiger partial charge on any atom is 0.416 e. The van der Waals surface area contributed by atoms with Crippen LogP contribution in [-0.4, -0.2) is 5.26 Å². The summed E-state index contributed by atoms with van der Waals surface area (Å²) in [6.07, 6.45) is -5.90. The molecular weight excluding hydrogens is 221 g/mol. The highest BCUT2D eigenvalue weighted by Crippen LogP contribution is 2.31. The van der Waals surface area contributed by atoms with Crippen LogP contribution < -0.4 is 0 Å². The van der Waals surface area contributed by atoms with Crippen molar-refractivity contribution in [2.75, 3.05) is 0 Å². The smallest absolute Gasteiger partial charge is 0.251 e. The Morgan fingerprint density at radius 2 is 2.00 bits per heavy atom. The molecule has 0 aliphatic heterocycles. The van der Waals surface area contributed by atoms with Crippen LogP contribution in [0.25, 0.3) is 0 Å². The van der Waals surface area contributed by atoms with Gasteiger partial charge in [-0.25, -0.2) is 4.89 Å². The highest BCUT2D eigenvalue weighted by atomic mass is 19.4. The van der Waals surface area contributed by atoms with E-state index in [2.05, 4.69) is 11.5 Å². The Balaban J connectivity index is 3.05. The number of rotatable bonds is 3. The van der Waals surface area contributed by atoms with Crippen LogP contribution in [-0.2, 0) is 11.1 Å². The maximum absolute atomic E-state index is 12.4. The lowest BCUT2D eigenvalue weighted by atomic mass is 10.0. The first kappa shape index (κ1) is 8.78. The van der Waals surface area contributed by atoms with E-state index >= 15 is 0 Å². The molecule has 0 heterocycles. The van der Waals surface area contributed by atoms with Crippen molar-refractivity contribution in [2.24, 2.45) is 0 Å². The summed E-state index contributed by atoms with van der Waals surface area (Å²) < 4.78 is 58.5. The molecule has 0 aliphatic carbocycles. The zero-order valence-electron chi connectivity index (χ0n) is 11.1. The normalized spacial score (nSPS) is 17.1. The zero-order valence-corrected chi connectivity index (χ0v) is 8.08. The Bertz CT molecular complexity index is 452. The van der Waals surface area contributed by atoms with E-state index < -0.39 is 30.3 Å². The predicted octanol–water partition coefficient (Wildman–Crippen LogP) is 3.81. The van der Waals surface area contributed by atoms with Gasteiger partial charge >= 0.3 is 6.18 Å². The summed E-state index contributed by atoms with van der Waals surface area (Å²) in [5.41, 5.74) is -1.24. The molecule has 1 N–H and O–H groups in total. The van der Waals surface area contributed by atoms with Gasteiger partial charge in [0, 0.05) is 4.11 Å². The Morgan fingerprint density at radius 3 is 2.38 bits per heavy atom. The van der Waals surface area contributed by atoms with E-state index in [9.17, 15) is 13.2 Å². The van der Waals surface area contributed by atoms with E-state index in [1.807, 2.05) is 0 Å². The van der Waals surface area contributed by atoms with Crippen LogP contribution in [0.3, 0.4) is 0 Å². The van der Waals surface area contributed by atoms with E-state index in [0.717, 1.165) is 24.3 Å². The first-order valence-electron chi connectivity index (χ1n) is 5.74. The summed E-state index contributed by atoms with van der Waals surface area (Å²) in [5, 5.41) is 8.71. The number of halogens is 3. The number of alkyl halides is 3. The molecule has 0 amide bonds. The lowest BCUT2D eigenvalue weighted by Gasteiger charge is -2.14. The Kier molecular flexibility index (Phi) is 2.56. The van der Waals surface area contributed by atoms with Gasteiger partial charge in [0.2, 0.25) is 0 Å². The first-order chi connectivity index (χ1) is 8.57. The predicted molar refractivity (Wildman–Crippen MR) is 52.7 cm³/mol. The third kappa shape index (κ3) is 2.84. The molecule has 1 aromatic carbocycles. The molecule has 0 saturated carbocycles. The van der Waals surface area contributed by atoms with Crippen LogP contribution in [0.5, 0.6) is 0 Å². The van der Waals surface area contributed by atoms with Gasteiger partial charge in [0.05, 0.1) is 5.56 Å². The second kappa shape index (κ2) is 4.67. The Labute approximate surface area is 95.1 Å². The van der Waals surface area contributed by atoms with Gasteiger partial charge in [-0.2, -0.15) is 13.2 Å². The molecule has 0 spiro atoms. The van der Waals surface area contributed by atoms with E-state index in [4.69, 9.17) is 9.37 Å². The summed E-state index contributed by atoms with van der Waals surface area (Å²) in [6.45, 7) is 0.688. The van der Waals surface area contributed by atoms with Gasteiger partial charge < -0.3 is 0 Å². The van der Waals surface area contributed by atoms with Crippen LogP contribution in [0.1, 0.15) is 28.2 Å². The number of hydrogen-bond donors (Lipinski definition) is 1. The SMILES string of the molecule is [2H]C([2H])([2H])C(=C)C(OO)c1ccc(C(F)(F)F)cc1. The first-order valence-corrected chi connectivity index (χ1v) is 4.24. The molecule has 16 heavy (non-hydrogen) atoms. The molecule has 88 valence electrons. The lowest BCUT2D eigenvalue weighted by Crippen LogP contribution is -2.07. The van der Waals surface area contributed by atoms with Gasteiger partial charge in [-0.15, -0.1) is 0 Å². The quantitative estimate of drug-likeness (QED) is 0.490. The third-order valence-corrected chi connectivity index (χ3v) is 1.96. The molecule has 1 aromatic rings. The standard InChI is InChI=1S/C11H11F3O2/c1-7(2)10(16-15)8-3-5-9(6-4-8)11(12,13)14/h3-6,10,15H,1H2,2H3/i2D3. The van der Waals surface area contributed by atoms with Gasteiger partial charge in [-0.05, 0) is 30.1 Å². The molecular formula is C11H11F3O2. The summed E-state index contributed by atoms with van der Waals surface area (Å²) in [6, 6.07) is 3.60. The largest absolute Gasteiger partial charge is 0.416 e. The highest BCUT2D eigenvalue weighted by Gasteiger charge is 2.30. The zero-order chi connectivity index (χ0) is 14.8. The molecule has 0 bridgehead atoms. The highest BCUT2D eigenvalue weighted by molar-refractivity contribution is 5.29. The molecule has 0 radical (unpaired) electrons. The number of benzene rings is 1. The molecule has 1 rings (SSSR count). The molecule has 0 saturated heterocycles. The Morgan fingerprint density at radius 1 is 1.44 bits per heavy atom. The maximum atomic E-state index is 12.4. The summed E-state index contributed by atoms with van der Waals surface area (Å²) in [4.78, 5) is 4.01. The summed E-state index contributed by atoms with van der Waals surface area (Å²) >= 11 is 0. The average Bonchev–Trinajstić information content (AvgIpc) is 2.28. The van der Waals surface area contributed by atoms with Crippen molar-refractivity contribution in [1.29, 1.82) is 0 Å². The van der Waals surface area contributed by atoms with Crippen molar-refractivity contribution in [1.82, 2.24) is 0 Å². The second-order valence-corrected chi connectivity index (χ2v) is 3.13. The molecule has 0 aliphatic rings. The van der Waals surface area contributed by atoms with E-state index in [1.54, 1.807) is 0 Å². The van der Waals surface area contributed by atoms with Crippen molar-refractivity contribution in [3.8, 4) is 0 Å². The monoisotopic (exact) mass is 235 g/mol. The minimum absolute atomic E-state index is 0.0663. The van der Waals surface area contributed by atoms with Gasteiger partial charge in [0.25, 0.3) is 0 Å². The van der Waals surface area contributed by atoms with Crippen molar-refractivity contribution in [2.45, 2.75) is 19.1 Å². The average molecular weight is 235 g/mol. The van der Waals surface area contributed by atoms with Crippen molar-refractivity contribution in [3.63, 3.8) is 0 Å². The fraction of sp³-hybridized carbons (Fsp3) is 0.273. The number of hydrogen-bond acceptors (Lipinski definition) is 2. The van der Waals surface area contributed by atoms with E-state index in [0.29, 0.717) is 0 Å². The van der Waals surface area contributed by atoms with Crippen molar-refractivity contribution in [3.05, 3.63) is 47.5 Å². The van der Waals surface area contributed by atoms with E-state index in [1.165, 1.54) is 0 Å². The van der Waals surface area contributed by atoms with Crippen LogP contribution in [0.15, 0.2) is 36.4 Å². The second-order valence-electron chi connectivity index (χ2n) is 3.13. The minimum atomic E-state index is -4.49. The summed E-state index contributed by atoms with van der Waals surface area (Å²) in [7, 11) is 0. The Hall–Kier alpha value is -1.33. The molecule has 1 unspecified atom stereocenters. The van der Waals surface area contributed by atoms with Gasteiger partial charge in [0.1, 0.15) is 6.10 Å². The van der Waals surface area contributed by atoms with Crippen LogP contribution >= 0.6 is 0 Å². The molecule has 2 nitrogen and oxygen atoms in total. The topological polar surface area (TPSA) is 29.5 Å². The van der Waals surface area contributed by atoms with Crippen molar-refractivity contribution < 1.29 is 27.4 Å². The van der Waals surface area contributed by atoms with Gasteiger partial charge in [0.15, 0.2) is 0 Å². The van der Waals surface area contributed by atoms with Crippen LogP contribution in [0.2, 0.25) is 0 Å². The lowest BCUT2D eigenvalue weighted by molar-refractivity contribution is -0.271. The molecule has 5 heteroatoms. The molecule has 0 aromatic heterocycles. The summed E-state index contributed by atoms with van der Waals surface area (Å²) in [5.74, 6) is 0. The van der Waals surface area contributed by atoms with Gasteiger partial charge in [-0.3, -0.25) is 5.26 Å². The van der Waals surface area contributed by atoms with Gasteiger partial charge in [-0.1, -0.05) is 18.7 Å². The minimum Gasteiger partial charge on any atom is -0.251 e. The third-order valence-electron chi connectivity index (χ3n) is 1.96. The van der Waals surface area contributed by atoms with E-state index in [-0.39, 0.29) is 5.56 Å². The molecule has 0 fully saturated rings. The van der Waals surface area contributed by atoms with Crippen molar-refractivity contribution >= 4 is 0 Å². The van der Waals surface area contributed by atoms with Crippen LogP contribution in [0, 0.1) is 0 Å². The fourth-order valence-corrected chi connectivity index (χ4v) is 1.17.